The van der Waals surface area contributed by atoms with Gasteiger partial charge in [0.25, 0.3) is 0 Å². The first kappa shape index (κ1) is 17.5. The topological polar surface area (TPSA) is 23.6 Å². The Kier molecular flexibility index (Phi) is 5.42. The van der Waals surface area contributed by atoms with Crippen molar-refractivity contribution in [1.82, 2.24) is 0 Å². The van der Waals surface area contributed by atoms with Crippen LogP contribution < -0.4 is 9.80 Å². The molecule has 0 fully saturated rings. The third kappa shape index (κ3) is 3.41. The Morgan fingerprint density at radius 1 is 1.08 bits per heavy atom. The van der Waals surface area contributed by atoms with Crippen LogP contribution in [0.5, 0.6) is 0 Å². The Morgan fingerprint density at radius 3 is 2.44 bits per heavy atom. The molecular formula is C22H28N2O. The van der Waals surface area contributed by atoms with Gasteiger partial charge in [-0.1, -0.05) is 43.3 Å². The molecular weight excluding hydrogens is 308 g/mol. The molecule has 1 amide bonds. The predicted molar refractivity (Wildman–Crippen MR) is 105 cm³/mol. The van der Waals surface area contributed by atoms with Crippen molar-refractivity contribution in [2.45, 2.75) is 52.1 Å². The van der Waals surface area contributed by atoms with E-state index in [4.69, 9.17) is 0 Å². The minimum absolute atomic E-state index is 0.0930. The molecule has 0 aliphatic carbocycles. The summed E-state index contributed by atoms with van der Waals surface area (Å²) >= 11 is 0. The van der Waals surface area contributed by atoms with Crippen LogP contribution in [0.2, 0.25) is 0 Å². The van der Waals surface area contributed by atoms with E-state index in [0.717, 1.165) is 25.1 Å². The van der Waals surface area contributed by atoms with E-state index < -0.39 is 0 Å². The lowest BCUT2D eigenvalue weighted by Crippen LogP contribution is -2.45. The van der Waals surface area contributed by atoms with E-state index in [0.29, 0.717) is 12.5 Å². The number of amides is 1. The summed E-state index contributed by atoms with van der Waals surface area (Å²) in [7, 11) is 0. The smallest absolute Gasteiger partial charge is 0.227 e. The van der Waals surface area contributed by atoms with Crippen molar-refractivity contribution in [3.8, 4) is 0 Å². The zero-order valence-electron chi connectivity index (χ0n) is 15.5. The van der Waals surface area contributed by atoms with E-state index in [9.17, 15) is 4.79 Å². The standard InChI is InChI=1S/C22H28N2O/c1-4-11-22(25)24(18-12-7-6-8-13-18)21-16-17(3)23(5-2)20-15-10-9-14-19(20)21/h6-10,12-15,17,21H,4-5,11,16H2,1-3H3. The molecule has 0 aromatic heterocycles. The Morgan fingerprint density at radius 2 is 1.76 bits per heavy atom. The van der Waals surface area contributed by atoms with Gasteiger partial charge in [-0.25, -0.2) is 0 Å². The maximum atomic E-state index is 13.0. The second kappa shape index (κ2) is 7.73. The van der Waals surface area contributed by atoms with E-state index in [-0.39, 0.29) is 11.9 Å². The van der Waals surface area contributed by atoms with Crippen LogP contribution in [0.4, 0.5) is 11.4 Å². The quantitative estimate of drug-likeness (QED) is 0.751. The summed E-state index contributed by atoms with van der Waals surface area (Å²) in [6.07, 6.45) is 2.40. The Bertz CT molecular complexity index is 713. The highest BCUT2D eigenvalue weighted by molar-refractivity contribution is 5.94. The lowest BCUT2D eigenvalue weighted by molar-refractivity contribution is -0.119. The SMILES string of the molecule is CCCC(=O)N(c1ccccc1)C1CC(C)N(CC)c2ccccc21. The summed E-state index contributed by atoms with van der Waals surface area (Å²) in [5.74, 6) is 0.214. The third-order valence-corrected chi connectivity index (χ3v) is 5.12. The zero-order chi connectivity index (χ0) is 17.8. The van der Waals surface area contributed by atoms with Gasteiger partial charge in [0, 0.05) is 30.4 Å². The number of carbonyl (C=O) groups excluding carboxylic acids is 1. The van der Waals surface area contributed by atoms with Crippen LogP contribution in [-0.2, 0) is 4.79 Å². The first-order valence-corrected chi connectivity index (χ1v) is 9.40. The second-order valence-electron chi connectivity index (χ2n) is 6.79. The molecule has 0 saturated carbocycles. The summed E-state index contributed by atoms with van der Waals surface area (Å²) in [4.78, 5) is 17.5. The molecule has 3 heteroatoms. The molecule has 0 bridgehead atoms. The number of nitrogens with zero attached hydrogens (tertiary/aromatic N) is 2. The van der Waals surface area contributed by atoms with Gasteiger partial charge in [-0.15, -0.1) is 0 Å². The predicted octanol–water partition coefficient (Wildman–Crippen LogP) is 5.18. The molecule has 2 aromatic carbocycles. The van der Waals surface area contributed by atoms with E-state index >= 15 is 0 Å². The van der Waals surface area contributed by atoms with E-state index in [1.54, 1.807) is 0 Å². The largest absolute Gasteiger partial charge is 0.369 e. The minimum atomic E-state index is 0.0930. The van der Waals surface area contributed by atoms with Crippen LogP contribution in [0.25, 0.3) is 0 Å². The van der Waals surface area contributed by atoms with Crippen molar-refractivity contribution in [1.29, 1.82) is 0 Å². The fourth-order valence-corrected chi connectivity index (χ4v) is 3.99. The summed E-state index contributed by atoms with van der Waals surface area (Å²) in [6.45, 7) is 7.52. The van der Waals surface area contributed by atoms with Crippen LogP contribution in [0, 0.1) is 0 Å². The number of carbonyl (C=O) groups is 1. The van der Waals surface area contributed by atoms with Gasteiger partial charge >= 0.3 is 0 Å². The van der Waals surface area contributed by atoms with Gasteiger partial charge in [0.05, 0.1) is 6.04 Å². The average Bonchev–Trinajstić information content (AvgIpc) is 2.63. The van der Waals surface area contributed by atoms with Gasteiger partial charge in [-0.3, -0.25) is 4.79 Å². The van der Waals surface area contributed by atoms with Crippen molar-refractivity contribution >= 4 is 17.3 Å². The minimum Gasteiger partial charge on any atom is -0.369 e. The normalized spacial score (nSPS) is 19.4. The lowest BCUT2D eigenvalue weighted by atomic mass is 9.89. The molecule has 0 radical (unpaired) electrons. The Balaban J connectivity index is 2.08. The second-order valence-corrected chi connectivity index (χ2v) is 6.79. The maximum absolute atomic E-state index is 13.0. The summed E-state index contributed by atoms with van der Waals surface area (Å²) in [5, 5.41) is 0. The fraction of sp³-hybridized carbons (Fsp3) is 0.409. The zero-order valence-corrected chi connectivity index (χ0v) is 15.5. The van der Waals surface area contributed by atoms with Crippen LogP contribution in [-0.4, -0.2) is 18.5 Å². The van der Waals surface area contributed by atoms with Gasteiger partial charge in [0.15, 0.2) is 0 Å². The molecule has 3 nitrogen and oxygen atoms in total. The van der Waals surface area contributed by atoms with Crippen molar-refractivity contribution in [2.24, 2.45) is 0 Å². The van der Waals surface area contributed by atoms with E-state index in [1.165, 1.54) is 11.3 Å². The fourth-order valence-electron chi connectivity index (χ4n) is 3.99. The summed E-state index contributed by atoms with van der Waals surface area (Å²) < 4.78 is 0. The molecule has 3 rings (SSSR count). The molecule has 1 aliphatic rings. The first-order valence-electron chi connectivity index (χ1n) is 9.40. The van der Waals surface area contributed by atoms with Crippen LogP contribution in [0.1, 0.15) is 51.6 Å². The molecule has 2 unspecified atom stereocenters. The van der Waals surface area contributed by atoms with Gasteiger partial charge in [-0.2, -0.15) is 0 Å². The number of anilines is 2. The van der Waals surface area contributed by atoms with Gasteiger partial charge < -0.3 is 9.80 Å². The molecule has 0 spiro atoms. The third-order valence-electron chi connectivity index (χ3n) is 5.12. The van der Waals surface area contributed by atoms with Gasteiger partial charge in [-0.05, 0) is 50.5 Å². The summed E-state index contributed by atoms with van der Waals surface area (Å²) in [6, 6.07) is 19.2. The van der Waals surface area contributed by atoms with E-state index in [2.05, 4.69) is 49.9 Å². The van der Waals surface area contributed by atoms with Gasteiger partial charge in [0.1, 0.15) is 0 Å². The molecule has 0 saturated heterocycles. The van der Waals surface area contributed by atoms with Crippen molar-refractivity contribution in [3.05, 3.63) is 60.2 Å². The van der Waals surface area contributed by atoms with Crippen molar-refractivity contribution < 1.29 is 4.79 Å². The molecule has 0 N–H and O–H groups in total. The number of para-hydroxylation sites is 2. The number of benzene rings is 2. The lowest BCUT2D eigenvalue weighted by Gasteiger charge is -2.44. The highest BCUT2D eigenvalue weighted by atomic mass is 16.2. The Hall–Kier alpha value is -2.29. The van der Waals surface area contributed by atoms with Gasteiger partial charge in [0.2, 0.25) is 5.91 Å². The number of hydrogen-bond acceptors (Lipinski definition) is 2. The van der Waals surface area contributed by atoms with Crippen molar-refractivity contribution in [2.75, 3.05) is 16.3 Å². The molecule has 132 valence electrons. The molecule has 25 heavy (non-hydrogen) atoms. The molecule has 2 aromatic rings. The average molecular weight is 336 g/mol. The van der Waals surface area contributed by atoms with Crippen LogP contribution >= 0.6 is 0 Å². The highest BCUT2D eigenvalue weighted by Gasteiger charge is 2.35. The first-order chi connectivity index (χ1) is 12.2. The molecule has 1 aliphatic heterocycles. The number of fused-ring (bicyclic) bond motifs is 1. The van der Waals surface area contributed by atoms with E-state index in [1.807, 2.05) is 35.2 Å². The Labute approximate surface area is 151 Å². The molecule has 2 atom stereocenters. The van der Waals surface area contributed by atoms with Crippen LogP contribution in [0.3, 0.4) is 0 Å². The highest BCUT2D eigenvalue weighted by Crippen LogP contribution is 2.42. The number of rotatable bonds is 5. The number of hydrogen-bond donors (Lipinski definition) is 0. The molecule has 1 heterocycles. The van der Waals surface area contributed by atoms with Crippen molar-refractivity contribution in [3.63, 3.8) is 0 Å². The monoisotopic (exact) mass is 336 g/mol. The maximum Gasteiger partial charge on any atom is 0.227 e. The van der Waals surface area contributed by atoms with Crippen LogP contribution in [0.15, 0.2) is 54.6 Å². The summed E-state index contributed by atoms with van der Waals surface area (Å²) in [5.41, 5.74) is 3.52.